The van der Waals surface area contributed by atoms with Gasteiger partial charge in [-0.3, -0.25) is 9.78 Å². The van der Waals surface area contributed by atoms with Crippen LogP contribution in [0.2, 0.25) is 0 Å². The van der Waals surface area contributed by atoms with Crippen LogP contribution < -0.4 is 10.2 Å². The first-order valence-corrected chi connectivity index (χ1v) is 8.96. The van der Waals surface area contributed by atoms with Gasteiger partial charge < -0.3 is 15.0 Å². The molecular formula is C22H19N3O3. The van der Waals surface area contributed by atoms with E-state index in [1.54, 1.807) is 30.5 Å². The third kappa shape index (κ3) is 3.44. The van der Waals surface area contributed by atoms with Crippen LogP contribution in [0.25, 0.3) is 0 Å². The van der Waals surface area contributed by atoms with Crippen molar-refractivity contribution in [3.8, 4) is 0 Å². The van der Waals surface area contributed by atoms with E-state index in [-0.39, 0.29) is 5.91 Å². The maximum absolute atomic E-state index is 12.7. The number of benzene rings is 2. The molecule has 1 aromatic heterocycles. The first kappa shape index (κ1) is 17.7. The Hall–Kier alpha value is -3.67. The van der Waals surface area contributed by atoms with E-state index in [4.69, 9.17) is 4.74 Å². The van der Waals surface area contributed by atoms with Gasteiger partial charge in [-0.25, -0.2) is 4.79 Å². The molecule has 0 bridgehead atoms. The molecule has 0 saturated heterocycles. The number of fused-ring (bicyclic) bond motifs is 1. The molecular weight excluding hydrogens is 354 g/mol. The number of amides is 1. The highest BCUT2D eigenvalue weighted by molar-refractivity contribution is 6.05. The van der Waals surface area contributed by atoms with Gasteiger partial charge in [0, 0.05) is 24.1 Å². The third-order valence-electron chi connectivity index (χ3n) is 4.73. The highest BCUT2D eigenvalue weighted by Crippen LogP contribution is 2.34. The number of rotatable bonds is 4. The zero-order valence-corrected chi connectivity index (χ0v) is 15.4. The minimum absolute atomic E-state index is 0.288. The molecule has 0 atom stereocenters. The summed E-state index contributed by atoms with van der Waals surface area (Å²) in [5.41, 5.74) is 4.65. The van der Waals surface area contributed by atoms with Gasteiger partial charge in [0.25, 0.3) is 5.91 Å². The number of methoxy groups -OCH3 is 1. The van der Waals surface area contributed by atoms with E-state index in [9.17, 15) is 9.59 Å². The van der Waals surface area contributed by atoms with Gasteiger partial charge in [0.2, 0.25) is 0 Å². The van der Waals surface area contributed by atoms with Crippen LogP contribution in [0.4, 0.5) is 17.1 Å². The van der Waals surface area contributed by atoms with E-state index in [1.165, 1.54) is 18.9 Å². The Kier molecular flexibility index (Phi) is 4.76. The molecule has 4 rings (SSSR count). The van der Waals surface area contributed by atoms with E-state index >= 15 is 0 Å². The second kappa shape index (κ2) is 7.52. The average Bonchev–Trinajstić information content (AvgIpc) is 3.17. The third-order valence-corrected chi connectivity index (χ3v) is 4.73. The standard InChI is InChI=1S/C22H19N3O3/c1-28-22(27)16-6-4-7-18(11-16)24-21(26)17-12-19(14-23-13-17)25-10-9-15-5-2-3-8-20(15)25/h2-8,11-14H,9-10H2,1H3,(H,24,26). The molecule has 28 heavy (non-hydrogen) atoms. The van der Waals surface area contributed by atoms with E-state index in [0.717, 1.165) is 24.3 Å². The fraction of sp³-hybridized carbons (Fsp3) is 0.136. The quantitative estimate of drug-likeness (QED) is 0.704. The molecule has 0 saturated carbocycles. The molecule has 1 amide bonds. The van der Waals surface area contributed by atoms with Gasteiger partial charge in [0.15, 0.2) is 0 Å². The lowest BCUT2D eigenvalue weighted by molar-refractivity contribution is 0.0600. The Morgan fingerprint density at radius 3 is 2.75 bits per heavy atom. The summed E-state index contributed by atoms with van der Waals surface area (Å²) in [6.45, 7) is 0.854. The zero-order chi connectivity index (χ0) is 19.5. The van der Waals surface area contributed by atoms with Gasteiger partial charge >= 0.3 is 5.97 Å². The maximum atomic E-state index is 12.7. The summed E-state index contributed by atoms with van der Waals surface area (Å²) in [5.74, 6) is -0.740. The Morgan fingerprint density at radius 1 is 1.04 bits per heavy atom. The molecule has 6 nitrogen and oxygen atoms in total. The number of pyridine rings is 1. The SMILES string of the molecule is COC(=O)c1cccc(NC(=O)c2cncc(N3CCc4ccccc43)c2)c1. The number of hydrogen-bond donors (Lipinski definition) is 1. The fourth-order valence-electron chi connectivity index (χ4n) is 3.35. The molecule has 0 fully saturated rings. The number of esters is 1. The van der Waals surface area contributed by atoms with Crippen molar-refractivity contribution in [2.75, 3.05) is 23.9 Å². The van der Waals surface area contributed by atoms with Crippen molar-refractivity contribution in [3.05, 3.63) is 83.7 Å². The van der Waals surface area contributed by atoms with Crippen LogP contribution in [0.3, 0.4) is 0 Å². The van der Waals surface area contributed by atoms with Crippen molar-refractivity contribution >= 4 is 28.9 Å². The minimum atomic E-state index is -0.451. The van der Waals surface area contributed by atoms with Crippen LogP contribution in [0.1, 0.15) is 26.3 Å². The Labute approximate surface area is 162 Å². The highest BCUT2D eigenvalue weighted by Gasteiger charge is 2.21. The van der Waals surface area contributed by atoms with Crippen LogP contribution >= 0.6 is 0 Å². The Bertz CT molecular complexity index is 1050. The van der Waals surface area contributed by atoms with Crippen molar-refractivity contribution in [1.82, 2.24) is 4.98 Å². The summed E-state index contributed by atoms with van der Waals surface area (Å²) in [6.07, 6.45) is 4.26. The van der Waals surface area contributed by atoms with Gasteiger partial charge in [0.1, 0.15) is 0 Å². The van der Waals surface area contributed by atoms with E-state index in [0.29, 0.717) is 16.8 Å². The maximum Gasteiger partial charge on any atom is 0.337 e. The summed E-state index contributed by atoms with van der Waals surface area (Å²) >= 11 is 0. The topological polar surface area (TPSA) is 71.5 Å². The van der Waals surface area contributed by atoms with Gasteiger partial charge in [-0.1, -0.05) is 24.3 Å². The van der Waals surface area contributed by atoms with Crippen molar-refractivity contribution in [2.24, 2.45) is 0 Å². The molecule has 0 radical (unpaired) electrons. The highest BCUT2D eigenvalue weighted by atomic mass is 16.5. The number of ether oxygens (including phenoxy) is 1. The number of anilines is 3. The van der Waals surface area contributed by atoms with E-state index in [1.807, 2.05) is 18.2 Å². The molecule has 1 aliphatic rings. The number of para-hydroxylation sites is 1. The number of hydrogen-bond acceptors (Lipinski definition) is 5. The Morgan fingerprint density at radius 2 is 1.89 bits per heavy atom. The lowest BCUT2D eigenvalue weighted by Gasteiger charge is -2.19. The predicted octanol–water partition coefficient (Wildman–Crippen LogP) is 3.81. The number of carbonyl (C=O) groups is 2. The molecule has 140 valence electrons. The molecule has 6 heteroatoms. The number of aromatic nitrogens is 1. The molecule has 0 spiro atoms. The first-order valence-electron chi connectivity index (χ1n) is 8.96. The van der Waals surface area contributed by atoms with Crippen molar-refractivity contribution in [3.63, 3.8) is 0 Å². The zero-order valence-electron chi connectivity index (χ0n) is 15.4. The first-order chi connectivity index (χ1) is 13.7. The lowest BCUT2D eigenvalue weighted by Crippen LogP contribution is -2.16. The van der Waals surface area contributed by atoms with Gasteiger partial charge in [-0.15, -0.1) is 0 Å². The molecule has 3 aromatic rings. The largest absolute Gasteiger partial charge is 0.465 e. The van der Waals surface area contributed by atoms with E-state index in [2.05, 4.69) is 27.3 Å². The van der Waals surface area contributed by atoms with Crippen LogP contribution in [0.5, 0.6) is 0 Å². The number of carbonyl (C=O) groups excluding carboxylic acids is 2. The second-order valence-electron chi connectivity index (χ2n) is 6.49. The molecule has 2 aromatic carbocycles. The van der Waals surface area contributed by atoms with Gasteiger partial charge in [-0.2, -0.15) is 0 Å². The predicted molar refractivity (Wildman–Crippen MR) is 107 cm³/mol. The van der Waals surface area contributed by atoms with Gasteiger partial charge in [-0.05, 0) is 42.3 Å². The summed E-state index contributed by atoms with van der Waals surface area (Å²) in [4.78, 5) is 30.8. The number of nitrogens with zero attached hydrogens (tertiary/aromatic N) is 2. The summed E-state index contributed by atoms with van der Waals surface area (Å²) < 4.78 is 4.72. The average molecular weight is 373 g/mol. The Balaban J connectivity index is 1.55. The smallest absolute Gasteiger partial charge is 0.337 e. The molecule has 2 heterocycles. The molecule has 0 unspecified atom stereocenters. The van der Waals surface area contributed by atoms with Crippen LogP contribution in [0.15, 0.2) is 67.0 Å². The van der Waals surface area contributed by atoms with Crippen molar-refractivity contribution in [2.45, 2.75) is 6.42 Å². The fourth-order valence-corrected chi connectivity index (χ4v) is 3.35. The van der Waals surface area contributed by atoms with Gasteiger partial charge in [0.05, 0.1) is 30.1 Å². The second-order valence-corrected chi connectivity index (χ2v) is 6.49. The summed E-state index contributed by atoms with van der Waals surface area (Å²) in [6, 6.07) is 16.7. The summed E-state index contributed by atoms with van der Waals surface area (Å²) in [5, 5.41) is 2.81. The van der Waals surface area contributed by atoms with E-state index < -0.39 is 5.97 Å². The molecule has 1 aliphatic heterocycles. The van der Waals surface area contributed by atoms with Crippen LogP contribution in [-0.2, 0) is 11.2 Å². The van der Waals surface area contributed by atoms with Crippen molar-refractivity contribution < 1.29 is 14.3 Å². The normalized spacial score (nSPS) is 12.4. The van der Waals surface area contributed by atoms with Crippen molar-refractivity contribution in [1.29, 1.82) is 0 Å². The molecule has 0 aliphatic carbocycles. The monoisotopic (exact) mass is 373 g/mol. The number of nitrogens with one attached hydrogen (secondary N) is 1. The summed E-state index contributed by atoms with van der Waals surface area (Å²) in [7, 11) is 1.32. The lowest BCUT2D eigenvalue weighted by atomic mass is 10.1. The van der Waals surface area contributed by atoms with Crippen LogP contribution in [-0.4, -0.2) is 30.5 Å². The molecule has 1 N–H and O–H groups in total. The minimum Gasteiger partial charge on any atom is -0.465 e. The van der Waals surface area contributed by atoms with Crippen LogP contribution in [0, 0.1) is 0 Å².